The summed E-state index contributed by atoms with van der Waals surface area (Å²) in [5, 5.41) is 19.9. The molecule has 0 aliphatic carbocycles. The van der Waals surface area contributed by atoms with Gasteiger partial charge in [-0.1, -0.05) is 30.3 Å². The molecule has 2 rings (SSSR count). The van der Waals surface area contributed by atoms with Crippen LogP contribution in [0.2, 0.25) is 0 Å². The van der Waals surface area contributed by atoms with Crippen molar-refractivity contribution in [3.63, 3.8) is 0 Å². The van der Waals surface area contributed by atoms with Gasteiger partial charge in [-0.3, -0.25) is 10.1 Å². The minimum absolute atomic E-state index is 0.0158. The molecule has 0 aliphatic rings. The summed E-state index contributed by atoms with van der Waals surface area (Å²) in [7, 11) is 0. The number of aryl methyl sites for hydroxylation is 1. The van der Waals surface area contributed by atoms with Gasteiger partial charge in [0.1, 0.15) is 0 Å². The van der Waals surface area contributed by atoms with Gasteiger partial charge in [-0.05, 0) is 24.5 Å². The molecule has 0 radical (unpaired) electrons. The number of carboxylic acid groups (broad SMARTS) is 1. The van der Waals surface area contributed by atoms with E-state index in [1.807, 2.05) is 30.3 Å². The van der Waals surface area contributed by atoms with Crippen LogP contribution in [-0.4, -0.2) is 22.6 Å². The van der Waals surface area contributed by atoms with Crippen LogP contribution >= 0.6 is 0 Å². The van der Waals surface area contributed by atoms with Crippen LogP contribution in [0.5, 0.6) is 5.75 Å². The second-order valence-corrected chi connectivity index (χ2v) is 4.68. The Hall–Kier alpha value is -2.89. The second kappa shape index (κ2) is 7.21. The predicted octanol–water partition coefficient (Wildman–Crippen LogP) is 3.30. The number of carboxylic acids is 1. The Morgan fingerprint density at radius 1 is 1.18 bits per heavy atom. The number of aromatic carboxylic acids is 1. The predicted molar refractivity (Wildman–Crippen MR) is 80.3 cm³/mol. The number of carbonyl (C=O) groups is 1. The van der Waals surface area contributed by atoms with Crippen LogP contribution in [0.3, 0.4) is 0 Å². The molecule has 2 aromatic carbocycles. The number of nitro groups is 1. The fourth-order valence-corrected chi connectivity index (χ4v) is 2.02. The molecule has 0 bridgehead atoms. The number of nitro benzene ring substituents is 1. The van der Waals surface area contributed by atoms with Gasteiger partial charge < -0.3 is 9.84 Å². The molecule has 0 spiro atoms. The highest BCUT2D eigenvalue weighted by Gasteiger charge is 2.17. The van der Waals surface area contributed by atoms with Crippen molar-refractivity contribution in [3.05, 3.63) is 69.8 Å². The van der Waals surface area contributed by atoms with E-state index in [1.54, 1.807) is 0 Å². The molecule has 0 saturated heterocycles. The van der Waals surface area contributed by atoms with Crippen molar-refractivity contribution in [1.82, 2.24) is 0 Å². The fraction of sp³-hybridized carbons (Fsp3) is 0.188. The van der Waals surface area contributed by atoms with Crippen LogP contribution in [0.1, 0.15) is 22.3 Å². The van der Waals surface area contributed by atoms with Crippen LogP contribution in [0, 0.1) is 10.1 Å². The van der Waals surface area contributed by atoms with E-state index < -0.39 is 10.9 Å². The third-order valence-electron chi connectivity index (χ3n) is 3.11. The molecule has 0 amide bonds. The zero-order chi connectivity index (χ0) is 15.9. The van der Waals surface area contributed by atoms with E-state index in [0.29, 0.717) is 6.42 Å². The normalized spacial score (nSPS) is 10.2. The summed E-state index contributed by atoms with van der Waals surface area (Å²) in [4.78, 5) is 21.3. The van der Waals surface area contributed by atoms with E-state index in [1.165, 1.54) is 12.1 Å². The Kier molecular flexibility index (Phi) is 5.08. The Morgan fingerprint density at radius 2 is 1.91 bits per heavy atom. The number of hydrogen-bond donors (Lipinski definition) is 1. The molecule has 0 saturated carbocycles. The van der Waals surface area contributed by atoms with Gasteiger partial charge in [0, 0.05) is 12.1 Å². The number of benzene rings is 2. The van der Waals surface area contributed by atoms with Gasteiger partial charge in [0.15, 0.2) is 5.75 Å². The molecular weight excluding hydrogens is 286 g/mol. The molecule has 22 heavy (non-hydrogen) atoms. The number of rotatable bonds is 7. The van der Waals surface area contributed by atoms with Crippen LogP contribution in [0.15, 0.2) is 48.5 Å². The molecular formula is C16H15NO5. The van der Waals surface area contributed by atoms with Crippen LogP contribution in [0.4, 0.5) is 5.69 Å². The van der Waals surface area contributed by atoms with Gasteiger partial charge in [-0.15, -0.1) is 0 Å². The van der Waals surface area contributed by atoms with Gasteiger partial charge in [-0.2, -0.15) is 0 Å². The summed E-state index contributed by atoms with van der Waals surface area (Å²) in [6, 6.07) is 13.3. The molecule has 6 nitrogen and oxygen atoms in total. The first-order chi connectivity index (χ1) is 10.6. The third-order valence-corrected chi connectivity index (χ3v) is 3.11. The largest absolute Gasteiger partial charge is 0.487 e. The Bertz CT molecular complexity index is 669. The first kappa shape index (κ1) is 15.5. The summed E-state index contributed by atoms with van der Waals surface area (Å²) in [5.41, 5.74) is 0.883. The average Bonchev–Trinajstić information content (AvgIpc) is 2.52. The van der Waals surface area contributed by atoms with E-state index in [0.717, 1.165) is 18.1 Å². The number of ether oxygens (including phenoxy) is 1. The molecule has 0 fully saturated rings. The summed E-state index contributed by atoms with van der Waals surface area (Å²) >= 11 is 0. The van der Waals surface area contributed by atoms with Gasteiger partial charge >= 0.3 is 11.7 Å². The Labute approximate surface area is 127 Å². The van der Waals surface area contributed by atoms with E-state index in [2.05, 4.69) is 0 Å². The topological polar surface area (TPSA) is 89.7 Å². The van der Waals surface area contributed by atoms with Gasteiger partial charge in [0.05, 0.1) is 17.1 Å². The smallest absolute Gasteiger partial charge is 0.335 e. The fourth-order valence-electron chi connectivity index (χ4n) is 2.02. The summed E-state index contributed by atoms with van der Waals surface area (Å²) in [5.74, 6) is -1.16. The van der Waals surface area contributed by atoms with E-state index in [4.69, 9.17) is 9.84 Å². The Balaban J connectivity index is 2.00. The van der Waals surface area contributed by atoms with Gasteiger partial charge in [0.2, 0.25) is 0 Å². The van der Waals surface area contributed by atoms with Crippen molar-refractivity contribution in [2.75, 3.05) is 6.61 Å². The van der Waals surface area contributed by atoms with Crippen molar-refractivity contribution in [1.29, 1.82) is 0 Å². The first-order valence-electron chi connectivity index (χ1n) is 6.76. The zero-order valence-electron chi connectivity index (χ0n) is 11.8. The van der Waals surface area contributed by atoms with Crippen molar-refractivity contribution >= 4 is 11.7 Å². The molecule has 0 aliphatic heterocycles. The van der Waals surface area contributed by atoms with Crippen molar-refractivity contribution < 1.29 is 19.6 Å². The second-order valence-electron chi connectivity index (χ2n) is 4.68. The lowest BCUT2D eigenvalue weighted by atomic mass is 10.1. The lowest BCUT2D eigenvalue weighted by molar-refractivity contribution is -0.385. The van der Waals surface area contributed by atoms with E-state index in [9.17, 15) is 14.9 Å². The molecule has 0 heterocycles. The number of nitrogens with zero attached hydrogens (tertiary/aromatic N) is 1. The summed E-state index contributed by atoms with van der Waals surface area (Å²) in [6.45, 7) is 0.277. The van der Waals surface area contributed by atoms with Gasteiger partial charge in [0.25, 0.3) is 0 Å². The monoisotopic (exact) mass is 301 g/mol. The van der Waals surface area contributed by atoms with Crippen LogP contribution in [-0.2, 0) is 6.42 Å². The van der Waals surface area contributed by atoms with E-state index >= 15 is 0 Å². The number of hydrogen-bond acceptors (Lipinski definition) is 4. The average molecular weight is 301 g/mol. The Morgan fingerprint density at radius 3 is 2.55 bits per heavy atom. The molecule has 114 valence electrons. The SMILES string of the molecule is O=C(O)c1ccc([N+](=O)[O-])c(OCCCc2ccccc2)c1. The molecule has 0 aromatic heterocycles. The molecule has 0 unspecified atom stereocenters. The van der Waals surface area contributed by atoms with Crippen molar-refractivity contribution in [2.24, 2.45) is 0 Å². The van der Waals surface area contributed by atoms with Gasteiger partial charge in [-0.25, -0.2) is 4.79 Å². The minimum atomic E-state index is -1.15. The molecule has 0 atom stereocenters. The van der Waals surface area contributed by atoms with Crippen molar-refractivity contribution in [2.45, 2.75) is 12.8 Å². The lowest BCUT2D eigenvalue weighted by Crippen LogP contribution is -2.04. The first-order valence-corrected chi connectivity index (χ1v) is 6.76. The van der Waals surface area contributed by atoms with Crippen molar-refractivity contribution in [3.8, 4) is 5.75 Å². The third kappa shape index (κ3) is 4.05. The van der Waals surface area contributed by atoms with Crippen LogP contribution in [0.25, 0.3) is 0 Å². The highest BCUT2D eigenvalue weighted by Crippen LogP contribution is 2.28. The molecule has 6 heteroatoms. The maximum absolute atomic E-state index is 10.9. The van der Waals surface area contributed by atoms with Crippen LogP contribution < -0.4 is 4.74 Å². The molecule has 1 N–H and O–H groups in total. The van der Waals surface area contributed by atoms with E-state index in [-0.39, 0.29) is 23.6 Å². The maximum Gasteiger partial charge on any atom is 0.335 e. The summed E-state index contributed by atoms with van der Waals surface area (Å²) in [6.07, 6.45) is 1.46. The maximum atomic E-state index is 10.9. The highest BCUT2D eigenvalue weighted by molar-refractivity contribution is 5.88. The zero-order valence-corrected chi connectivity index (χ0v) is 11.8. The quantitative estimate of drug-likeness (QED) is 0.481. The minimum Gasteiger partial charge on any atom is -0.487 e. The molecule has 2 aromatic rings. The lowest BCUT2D eigenvalue weighted by Gasteiger charge is -2.07. The highest BCUT2D eigenvalue weighted by atomic mass is 16.6. The standard InChI is InChI=1S/C16H15NO5/c18-16(19)13-8-9-14(17(20)21)15(11-13)22-10-4-7-12-5-2-1-3-6-12/h1-3,5-6,8-9,11H,4,7,10H2,(H,18,19). The summed E-state index contributed by atoms with van der Waals surface area (Å²) < 4.78 is 5.41.